The lowest BCUT2D eigenvalue weighted by atomic mass is 10.2. The number of benzene rings is 1. The first-order chi connectivity index (χ1) is 9.76. The molecule has 6 heteroatoms. The van der Waals surface area contributed by atoms with Crippen LogP contribution in [0.5, 0.6) is 17.4 Å². The van der Waals surface area contributed by atoms with Gasteiger partial charge in [-0.05, 0) is 23.8 Å². The molecule has 1 N–H and O–H groups in total. The van der Waals surface area contributed by atoms with E-state index in [1.54, 1.807) is 13.3 Å². The van der Waals surface area contributed by atoms with Crippen molar-refractivity contribution >= 4 is 21.6 Å². The minimum absolute atomic E-state index is 0.279. The Hall–Kier alpha value is -1.95. The zero-order chi connectivity index (χ0) is 13.9. The van der Waals surface area contributed by atoms with Crippen molar-refractivity contribution in [3.05, 3.63) is 40.5 Å². The molecule has 5 nitrogen and oxygen atoms in total. The number of hydrogen-bond acceptors (Lipinski definition) is 5. The number of hydrogen-bond donors (Lipinski definition) is 1. The van der Waals surface area contributed by atoms with Crippen LogP contribution in [0.25, 0.3) is 0 Å². The van der Waals surface area contributed by atoms with E-state index in [1.807, 2.05) is 24.3 Å². The summed E-state index contributed by atoms with van der Waals surface area (Å²) in [4.78, 5) is 4.15. The van der Waals surface area contributed by atoms with Gasteiger partial charge in [0.05, 0.1) is 19.0 Å². The van der Waals surface area contributed by atoms with E-state index in [0.29, 0.717) is 12.4 Å². The van der Waals surface area contributed by atoms with E-state index in [1.165, 1.54) is 0 Å². The number of nitrogens with zero attached hydrogens (tertiary/aromatic N) is 1. The van der Waals surface area contributed by atoms with Gasteiger partial charge in [-0.15, -0.1) is 0 Å². The molecule has 0 amide bonds. The maximum Gasteiger partial charge on any atom is 0.231 e. The van der Waals surface area contributed by atoms with Crippen molar-refractivity contribution < 1.29 is 14.2 Å². The topological polar surface area (TPSA) is 52.6 Å². The molecule has 20 heavy (non-hydrogen) atoms. The van der Waals surface area contributed by atoms with Crippen LogP contribution in [-0.2, 0) is 6.54 Å². The highest BCUT2D eigenvalue weighted by molar-refractivity contribution is 9.10. The number of ether oxygens (including phenoxy) is 3. The number of fused-ring (bicyclic) bond motifs is 1. The molecule has 0 saturated heterocycles. The summed E-state index contributed by atoms with van der Waals surface area (Å²) in [7, 11) is 1.60. The van der Waals surface area contributed by atoms with Gasteiger partial charge >= 0.3 is 0 Å². The summed E-state index contributed by atoms with van der Waals surface area (Å²) >= 11 is 3.54. The third-order valence-electron chi connectivity index (χ3n) is 2.97. The van der Waals surface area contributed by atoms with Crippen LogP contribution in [0.1, 0.15) is 5.56 Å². The van der Waals surface area contributed by atoms with Crippen molar-refractivity contribution in [2.75, 3.05) is 19.2 Å². The molecular formula is C14H13BrN2O3. The zero-order valence-electron chi connectivity index (χ0n) is 10.9. The molecule has 0 spiro atoms. The van der Waals surface area contributed by atoms with Crippen LogP contribution < -0.4 is 19.5 Å². The van der Waals surface area contributed by atoms with E-state index in [-0.39, 0.29) is 6.79 Å². The Bertz CT molecular complexity index is 617. The highest BCUT2D eigenvalue weighted by Gasteiger charge is 2.16. The van der Waals surface area contributed by atoms with Gasteiger partial charge in [0.2, 0.25) is 12.7 Å². The molecule has 0 atom stereocenters. The van der Waals surface area contributed by atoms with Gasteiger partial charge in [-0.25, -0.2) is 4.98 Å². The van der Waals surface area contributed by atoms with E-state index >= 15 is 0 Å². The van der Waals surface area contributed by atoms with Gasteiger partial charge in [-0.3, -0.25) is 0 Å². The highest BCUT2D eigenvalue weighted by atomic mass is 79.9. The van der Waals surface area contributed by atoms with Gasteiger partial charge in [-0.2, -0.15) is 0 Å². The number of aromatic nitrogens is 1. The minimum atomic E-state index is 0.279. The predicted octanol–water partition coefficient (Wildman–Crippen LogP) is 3.19. The van der Waals surface area contributed by atoms with E-state index < -0.39 is 0 Å². The second-order valence-electron chi connectivity index (χ2n) is 4.24. The summed E-state index contributed by atoms with van der Waals surface area (Å²) in [6.45, 7) is 0.937. The Kier molecular flexibility index (Phi) is 3.64. The van der Waals surface area contributed by atoms with E-state index in [0.717, 1.165) is 27.2 Å². The summed E-state index contributed by atoms with van der Waals surface area (Å²) in [5.41, 5.74) is 2.01. The lowest BCUT2D eigenvalue weighted by Crippen LogP contribution is -2.01. The molecule has 0 saturated carbocycles. The largest absolute Gasteiger partial charge is 0.481 e. The SMILES string of the molecule is COc1ccc(NCc2cc3c(cc2Br)OCO3)cn1. The van der Waals surface area contributed by atoms with Crippen molar-refractivity contribution in [1.29, 1.82) is 0 Å². The molecule has 3 rings (SSSR count). The predicted molar refractivity (Wildman–Crippen MR) is 78.4 cm³/mol. The first kappa shape index (κ1) is 13.1. The average molecular weight is 337 g/mol. The van der Waals surface area contributed by atoms with Gasteiger partial charge in [0.15, 0.2) is 11.5 Å². The van der Waals surface area contributed by atoms with Gasteiger partial charge in [0.25, 0.3) is 0 Å². The fraction of sp³-hybridized carbons (Fsp3) is 0.214. The van der Waals surface area contributed by atoms with Crippen molar-refractivity contribution in [2.24, 2.45) is 0 Å². The molecule has 0 radical (unpaired) electrons. The molecular weight excluding hydrogens is 324 g/mol. The number of methoxy groups -OCH3 is 1. The van der Waals surface area contributed by atoms with Crippen LogP contribution in [0, 0.1) is 0 Å². The Balaban J connectivity index is 1.71. The fourth-order valence-electron chi connectivity index (χ4n) is 1.90. The summed E-state index contributed by atoms with van der Waals surface area (Å²) in [6.07, 6.45) is 1.74. The van der Waals surface area contributed by atoms with E-state index in [2.05, 4.69) is 26.2 Å². The van der Waals surface area contributed by atoms with Crippen molar-refractivity contribution in [3.8, 4) is 17.4 Å². The van der Waals surface area contributed by atoms with Crippen LogP contribution in [0.15, 0.2) is 34.9 Å². The normalized spacial score (nSPS) is 12.3. The van der Waals surface area contributed by atoms with Gasteiger partial charge in [0.1, 0.15) is 0 Å². The average Bonchev–Trinajstić information content (AvgIpc) is 2.92. The zero-order valence-corrected chi connectivity index (χ0v) is 12.4. The van der Waals surface area contributed by atoms with Crippen molar-refractivity contribution in [1.82, 2.24) is 4.98 Å². The molecule has 2 heterocycles. The molecule has 104 valence electrons. The number of nitrogens with one attached hydrogen (secondary N) is 1. The third-order valence-corrected chi connectivity index (χ3v) is 3.71. The quantitative estimate of drug-likeness (QED) is 0.929. The smallest absolute Gasteiger partial charge is 0.231 e. The van der Waals surface area contributed by atoms with Gasteiger partial charge < -0.3 is 19.5 Å². The molecule has 1 aliphatic rings. The van der Waals surface area contributed by atoms with Gasteiger partial charge in [0, 0.05) is 17.1 Å². The Morgan fingerprint density at radius 2 is 2.10 bits per heavy atom. The second-order valence-corrected chi connectivity index (χ2v) is 5.09. The molecule has 0 bridgehead atoms. The fourth-order valence-corrected chi connectivity index (χ4v) is 2.36. The molecule has 0 fully saturated rings. The maximum absolute atomic E-state index is 5.38. The summed E-state index contributed by atoms with van der Waals surface area (Å²) in [6, 6.07) is 7.63. The lowest BCUT2D eigenvalue weighted by Gasteiger charge is -2.09. The first-order valence-corrected chi connectivity index (χ1v) is 6.87. The third kappa shape index (κ3) is 2.65. The van der Waals surface area contributed by atoms with E-state index in [9.17, 15) is 0 Å². The Labute approximate surface area is 125 Å². The van der Waals surface area contributed by atoms with Crippen LogP contribution in [0.2, 0.25) is 0 Å². The monoisotopic (exact) mass is 336 g/mol. The highest BCUT2D eigenvalue weighted by Crippen LogP contribution is 2.37. The van der Waals surface area contributed by atoms with E-state index in [4.69, 9.17) is 14.2 Å². The molecule has 1 aromatic heterocycles. The Morgan fingerprint density at radius 1 is 1.30 bits per heavy atom. The minimum Gasteiger partial charge on any atom is -0.481 e. The lowest BCUT2D eigenvalue weighted by molar-refractivity contribution is 0.174. The number of anilines is 1. The number of rotatable bonds is 4. The molecule has 1 aromatic carbocycles. The molecule has 1 aliphatic heterocycles. The first-order valence-electron chi connectivity index (χ1n) is 6.08. The maximum atomic E-state index is 5.38. The van der Waals surface area contributed by atoms with Crippen molar-refractivity contribution in [2.45, 2.75) is 6.54 Å². The standard InChI is InChI=1S/C14H13BrN2O3/c1-18-14-3-2-10(7-17-14)16-6-9-4-12-13(5-11(9)15)20-8-19-12/h2-5,7,16H,6,8H2,1H3. The van der Waals surface area contributed by atoms with Crippen LogP contribution in [0.4, 0.5) is 5.69 Å². The molecule has 2 aromatic rings. The Morgan fingerprint density at radius 3 is 2.80 bits per heavy atom. The van der Waals surface area contributed by atoms with Crippen molar-refractivity contribution in [3.63, 3.8) is 0 Å². The summed E-state index contributed by atoms with van der Waals surface area (Å²) in [5.74, 6) is 2.14. The number of pyridine rings is 1. The van der Waals surface area contributed by atoms with Crippen LogP contribution in [0.3, 0.4) is 0 Å². The summed E-state index contributed by atoms with van der Waals surface area (Å²) < 4.78 is 16.7. The van der Waals surface area contributed by atoms with Gasteiger partial charge in [-0.1, -0.05) is 15.9 Å². The molecule has 0 aliphatic carbocycles. The summed E-state index contributed by atoms with van der Waals surface area (Å²) in [5, 5.41) is 3.30. The molecule has 0 unspecified atom stereocenters. The number of halogens is 1. The van der Waals surface area contributed by atoms with Crippen LogP contribution in [-0.4, -0.2) is 18.9 Å². The van der Waals surface area contributed by atoms with Crippen LogP contribution >= 0.6 is 15.9 Å². The second kappa shape index (κ2) is 5.58.